The van der Waals surface area contributed by atoms with E-state index in [1.807, 2.05) is 0 Å². The molecule has 1 aromatic carbocycles. The Morgan fingerprint density at radius 3 is 2.65 bits per heavy atom. The van der Waals surface area contributed by atoms with Crippen LogP contribution in [0.5, 0.6) is 0 Å². The second-order valence-corrected chi connectivity index (χ2v) is 3.77. The van der Waals surface area contributed by atoms with Crippen LogP contribution in [0.2, 0.25) is 0 Å². The molecule has 1 heterocycles. The molecule has 0 unspecified atom stereocenters. The molecule has 0 saturated carbocycles. The highest BCUT2D eigenvalue weighted by Gasteiger charge is 2.15. The Hall–Kier alpha value is -1.81. The third-order valence-electron chi connectivity index (χ3n) is 2.58. The van der Waals surface area contributed by atoms with Crippen molar-refractivity contribution >= 4 is 17.1 Å². The minimum Gasteiger partial charge on any atom is -0.390 e. The zero-order valence-electron chi connectivity index (χ0n) is 9.19. The summed E-state index contributed by atoms with van der Waals surface area (Å²) in [6.07, 6.45) is 1.88. The molecule has 0 amide bonds. The molecule has 1 aliphatic heterocycles. The van der Waals surface area contributed by atoms with E-state index in [0.29, 0.717) is 29.8 Å². The topological polar surface area (TPSA) is 49.7 Å². The van der Waals surface area contributed by atoms with Gasteiger partial charge in [0.1, 0.15) is 5.82 Å². The molecule has 0 spiro atoms. The third kappa shape index (κ3) is 2.65. The number of benzene rings is 1. The minimum absolute atomic E-state index is 0.0381. The van der Waals surface area contributed by atoms with Gasteiger partial charge in [0, 0.05) is 18.5 Å². The van der Waals surface area contributed by atoms with E-state index in [0.717, 1.165) is 0 Å². The molecule has 1 aliphatic rings. The first-order valence-corrected chi connectivity index (χ1v) is 5.35. The summed E-state index contributed by atoms with van der Waals surface area (Å²) >= 11 is 0. The van der Waals surface area contributed by atoms with Crippen molar-refractivity contribution in [2.45, 2.75) is 6.42 Å². The van der Waals surface area contributed by atoms with Crippen molar-refractivity contribution in [1.29, 1.82) is 0 Å². The van der Waals surface area contributed by atoms with E-state index in [1.165, 1.54) is 12.1 Å². The van der Waals surface area contributed by atoms with Crippen LogP contribution in [0, 0.1) is 5.82 Å². The van der Waals surface area contributed by atoms with E-state index < -0.39 is 0 Å². The first kappa shape index (κ1) is 11.7. The lowest BCUT2D eigenvalue weighted by atomic mass is 9.99. The summed E-state index contributed by atoms with van der Waals surface area (Å²) < 4.78 is 12.8. The summed E-state index contributed by atoms with van der Waals surface area (Å²) in [4.78, 5) is 15.9. The molecule has 0 fully saturated rings. The molecule has 0 radical (unpaired) electrons. The summed E-state index contributed by atoms with van der Waals surface area (Å²) in [5.41, 5.74) is 1.62. The summed E-state index contributed by atoms with van der Waals surface area (Å²) in [6.45, 7) is 0.188. The van der Waals surface area contributed by atoms with Gasteiger partial charge in [-0.05, 0) is 23.8 Å². The van der Waals surface area contributed by atoms with Gasteiger partial charge in [0.05, 0.1) is 12.3 Å². The van der Waals surface area contributed by atoms with Crippen molar-refractivity contribution in [3.63, 3.8) is 0 Å². The smallest absolute Gasteiger partial charge is 0.165 e. The second kappa shape index (κ2) is 5.01. The van der Waals surface area contributed by atoms with Gasteiger partial charge < -0.3 is 5.11 Å². The molecule has 0 atom stereocenters. The first-order valence-electron chi connectivity index (χ1n) is 5.35. The summed E-state index contributed by atoms with van der Waals surface area (Å²) in [7, 11) is 0. The average Bonchev–Trinajstić information content (AvgIpc) is 2.52. The minimum atomic E-state index is -0.341. The average molecular weight is 233 g/mol. The van der Waals surface area contributed by atoms with Crippen molar-refractivity contribution in [2.24, 2.45) is 4.99 Å². The number of aliphatic hydroxyl groups excluding tert-OH is 1. The zero-order chi connectivity index (χ0) is 12.3. The fourth-order valence-corrected chi connectivity index (χ4v) is 1.70. The molecule has 0 saturated heterocycles. The van der Waals surface area contributed by atoms with Crippen LogP contribution in [0.15, 0.2) is 35.3 Å². The number of nitrogens with zero attached hydrogens (tertiary/aromatic N) is 1. The molecule has 17 heavy (non-hydrogen) atoms. The number of Topliss-reactive ketones (excluding diaryl/α,β-unsaturated/α-hetero) is 1. The van der Waals surface area contributed by atoms with Gasteiger partial charge in [0.25, 0.3) is 0 Å². The molecule has 3 nitrogen and oxygen atoms in total. The molecule has 88 valence electrons. The van der Waals surface area contributed by atoms with Gasteiger partial charge in [0.2, 0.25) is 0 Å². The van der Waals surface area contributed by atoms with E-state index >= 15 is 0 Å². The van der Waals surface area contributed by atoms with E-state index in [1.54, 1.807) is 18.2 Å². The Morgan fingerprint density at radius 1 is 1.29 bits per heavy atom. The van der Waals surface area contributed by atoms with Crippen molar-refractivity contribution in [2.75, 3.05) is 13.2 Å². The van der Waals surface area contributed by atoms with Gasteiger partial charge in [0.15, 0.2) is 5.78 Å². The number of hydrogen-bond donors (Lipinski definition) is 1. The van der Waals surface area contributed by atoms with Crippen molar-refractivity contribution in [3.05, 3.63) is 41.7 Å². The number of carbonyl (C=O) groups is 1. The van der Waals surface area contributed by atoms with Crippen molar-refractivity contribution in [3.8, 4) is 0 Å². The van der Waals surface area contributed by atoms with Gasteiger partial charge in [-0.2, -0.15) is 0 Å². The van der Waals surface area contributed by atoms with Crippen LogP contribution in [0.3, 0.4) is 0 Å². The van der Waals surface area contributed by atoms with Crippen LogP contribution in [-0.4, -0.2) is 29.8 Å². The number of allylic oxidation sites excluding steroid dienone is 1. The number of hydrogen-bond acceptors (Lipinski definition) is 3. The number of carbonyl (C=O) groups excluding carboxylic acids is 1. The van der Waals surface area contributed by atoms with Gasteiger partial charge in [-0.3, -0.25) is 9.79 Å². The predicted octanol–water partition coefficient (Wildman–Crippen LogP) is 1.62. The SMILES string of the molecule is O=C1CCN=C(CO)C=C1c1ccc(F)cc1. The highest BCUT2D eigenvalue weighted by Crippen LogP contribution is 2.19. The van der Waals surface area contributed by atoms with Crippen LogP contribution in [0.4, 0.5) is 4.39 Å². The lowest BCUT2D eigenvalue weighted by Crippen LogP contribution is -2.03. The lowest BCUT2D eigenvalue weighted by Gasteiger charge is -2.04. The summed E-state index contributed by atoms with van der Waals surface area (Å²) in [5, 5.41) is 9.06. The van der Waals surface area contributed by atoms with E-state index in [-0.39, 0.29) is 18.2 Å². The van der Waals surface area contributed by atoms with Crippen LogP contribution >= 0.6 is 0 Å². The molecular weight excluding hydrogens is 221 g/mol. The van der Waals surface area contributed by atoms with E-state index in [4.69, 9.17) is 5.11 Å². The number of rotatable bonds is 2. The summed E-state index contributed by atoms with van der Waals surface area (Å²) in [5.74, 6) is -0.379. The molecule has 4 heteroatoms. The van der Waals surface area contributed by atoms with Gasteiger partial charge in [-0.25, -0.2) is 4.39 Å². The van der Waals surface area contributed by atoms with E-state index in [9.17, 15) is 9.18 Å². The predicted molar refractivity (Wildman–Crippen MR) is 63.4 cm³/mol. The molecule has 0 aromatic heterocycles. The lowest BCUT2D eigenvalue weighted by molar-refractivity contribution is -0.113. The largest absolute Gasteiger partial charge is 0.390 e. The Kier molecular flexibility index (Phi) is 3.44. The maximum atomic E-state index is 12.8. The highest BCUT2D eigenvalue weighted by molar-refractivity contribution is 6.26. The Labute approximate surface area is 98.3 Å². The van der Waals surface area contributed by atoms with Crippen LogP contribution in [0.1, 0.15) is 12.0 Å². The fourth-order valence-electron chi connectivity index (χ4n) is 1.70. The van der Waals surface area contributed by atoms with Crippen LogP contribution in [0.25, 0.3) is 5.57 Å². The molecular formula is C13H12FNO2. The summed E-state index contributed by atoms with van der Waals surface area (Å²) in [6, 6.07) is 5.73. The quantitative estimate of drug-likeness (QED) is 0.843. The zero-order valence-corrected chi connectivity index (χ0v) is 9.19. The number of aliphatic imine (C=N–C) groups is 1. The first-order chi connectivity index (χ1) is 8.20. The van der Waals surface area contributed by atoms with Crippen molar-refractivity contribution in [1.82, 2.24) is 0 Å². The Balaban J connectivity index is 2.40. The number of ketones is 1. The maximum Gasteiger partial charge on any atom is 0.165 e. The van der Waals surface area contributed by atoms with Gasteiger partial charge >= 0.3 is 0 Å². The Bertz CT molecular complexity index is 489. The highest BCUT2D eigenvalue weighted by atomic mass is 19.1. The van der Waals surface area contributed by atoms with Crippen molar-refractivity contribution < 1.29 is 14.3 Å². The molecule has 0 aliphatic carbocycles. The van der Waals surface area contributed by atoms with Gasteiger partial charge in [-0.1, -0.05) is 12.1 Å². The fraction of sp³-hybridized carbons (Fsp3) is 0.231. The standard InChI is InChI=1S/C13H12FNO2/c14-10-3-1-9(2-4-10)12-7-11(8-16)15-6-5-13(12)17/h1-4,7,16H,5-6,8H2. The maximum absolute atomic E-state index is 12.8. The number of aliphatic hydroxyl groups is 1. The van der Waals surface area contributed by atoms with Gasteiger partial charge in [-0.15, -0.1) is 0 Å². The normalized spacial score (nSPS) is 16.2. The van der Waals surface area contributed by atoms with Crippen LogP contribution in [-0.2, 0) is 4.79 Å². The monoisotopic (exact) mass is 233 g/mol. The van der Waals surface area contributed by atoms with E-state index in [2.05, 4.69) is 4.99 Å². The second-order valence-electron chi connectivity index (χ2n) is 3.77. The molecule has 1 N–H and O–H groups in total. The number of halogens is 1. The Morgan fingerprint density at radius 2 is 2.00 bits per heavy atom. The third-order valence-corrected chi connectivity index (χ3v) is 2.58. The van der Waals surface area contributed by atoms with Crippen LogP contribution < -0.4 is 0 Å². The molecule has 1 aromatic rings. The molecule has 0 bridgehead atoms. The molecule has 2 rings (SSSR count).